The lowest BCUT2D eigenvalue weighted by Crippen LogP contribution is -2.32. The molecule has 1 saturated carbocycles. The highest BCUT2D eigenvalue weighted by molar-refractivity contribution is 6.22. The Bertz CT molecular complexity index is 1040. The molecule has 1 heterocycles. The first kappa shape index (κ1) is 17.9. The number of amides is 2. The predicted molar refractivity (Wildman–Crippen MR) is 108 cm³/mol. The van der Waals surface area contributed by atoms with E-state index in [1.807, 2.05) is 26.0 Å². The zero-order valence-corrected chi connectivity index (χ0v) is 16.3. The van der Waals surface area contributed by atoms with Gasteiger partial charge in [-0.25, -0.2) is 4.79 Å². The van der Waals surface area contributed by atoms with Crippen molar-refractivity contribution >= 4 is 23.5 Å². The summed E-state index contributed by atoms with van der Waals surface area (Å²) in [6, 6.07) is 12.0. The average molecular weight is 387 g/mol. The lowest BCUT2D eigenvalue weighted by molar-refractivity contribution is -0.123. The van der Waals surface area contributed by atoms with Gasteiger partial charge in [-0.1, -0.05) is 18.2 Å². The highest BCUT2D eigenvalue weighted by Crippen LogP contribution is 2.53. The number of imide groups is 1. The molecule has 5 nitrogen and oxygen atoms in total. The summed E-state index contributed by atoms with van der Waals surface area (Å²) in [7, 11) is 0. The largest absolute Gasteiger partial charge is 0.423 e. The van der Waals surface area contributed by atoms with E-state index in [0.717, 1.165) is 17.5 Å². The lowest BCUT2D eigenvalue weighted by Gasteiger charge is -2.17. The summed E-state index contributed by atoms with van der Waals surface area (Å²) in [5, 5.41) is 0. The van der Waals surface area contributed by atoms with Crippen LogP contribution in [0.4, 0.5) is 5.69 Å². The maximum atomic E-state index is 12.9. The van der Waals surface area contributed by atoms with Crippen molar-refractivity contribution in [3.8, 4) is 5.75 Å². The molecular formula is C24H21NO4. The van der Waals surface area contributed by atoms with Crippen LogP contribution in [-0.2, 0) is 9.59 Å². The molecule has 4 atom stereocenters. The second-order valence-corrected chi connectivity index (χ2v) is 8.19. The minimum atomic E-state index is -0.474. The molecule has 0 N–H and O–H groups in total. The fourth-order valence-electron chi connectivity index (χ4n) is 4.85. The number of aryl methyl sites for hydroxylation is 2. The third-order valence-electron chi connectivity index (χ3n) is 6.52. The first-order valence-corrected chi connectivity index (χ1v) is 9.89. The summed E-state index contributed by atoms with van der Waals surface area (Å²) in [6.45, 7) is 3.96. The molecule has 2 aliphatic carbocycles. The van der Waals surface area contributed by atoms with Crippen LogP contribution in [0.5, 0.6) is 5.75 Å². The number of hydrogen-bond acceptors (Lipinski definition) is 4. The smallest absolute Gasteiger partial charge is 0.343 e. The number of carbonyl (C=O) groups excluding carboxylic acids is 3. The van der Waals surface area contributed by atoms with Gasteiger partial charge in [0.2, 0.25) is 11.8 Å². The predicted octanol–water partition coefficient (Wildman–Crippen LogP) is 3.83. The zero-order valence-electron chi connectivity index (χ0n) is 16.3. The monoisotopic (exact) mass is 387 g/mol. The van der Waals surface area contributed by atoms with E-state index in [1.165, 1.54) is 4.90 Å². The summed E-state index contributed by atoms with van der Waals surface area (Å²) >= 11 is 0. The molecule has 29 heavy (non-hydrogen) atoms. The van der Waals surface area contributed by atoms with Crippen molar-refractivity contribution in [3.63, 3.8) is 0 Å². The highest BCUT2D eigenvalue weighted by atomic mass is 16.5. The lowest BCUT2D eigenvalue weighted by atomic mass is 9.85. The van der Waals surface area contributed by atoms with Crippen molar-refractivity contribution in [1.29, 1.82) is 0 Å². The summed E-state index contributed by atoms with van der Waals surface area (Å²) in [5.41, 5.74) is 3.05. The van der Waals surface area contributed by atoms with Gasteiger partial charge in [-0.05, 0) is 79.6 Å². The first-order valence-electron chi connectivity index (χ1n) is 9.89. The number of esters is 1. The number of hydrogen-bond donors (Lipinski definition) is 0. The van der Waals surface area contributed by atoms with Crippen LogP contribution in [0.25, 0.3) is 0 Å². The van der Waals surface area contributed by atoms with Crippen LogP contribution in [0.2, 0.25) is 0 Å². The van der Waals surface area contributed by atoms with Crippen LogP contribution in [0, 0.1) is 37.5 Å². The Balaban J connectivity index is 1.34. The number of carbonyl (C=O) groups is 3. The topological polar surface area (TPSA) is 63.7 Å². The van der Waals surface area contributed by atoms with Gasteiger partial charge in [-0.15, -0.1) is 0 Å². The maximum Gasteiger partial charge on any atom is 0.343 e. The molecule has 0 unspecified atom stereocenters. The molecule has 2 fully saturated rings. The fraction of sp³-hybridized carbons (Fsp3) is 0.292. The second kappa shape index (κ2) is 6.41. The number of anilines is 1. The molecule has 146 valence electrons. The number of fused-ring (bicyclic) bond motifs is 5. The number of allylic oxidation sites excluding steroid dienone is 2. The van der Waals surface area contributed by atoms with Crippen molar-refractivity contribution in [1.82, 2.24) is 0 Å². The Morgan fingerprint density at radius 1 is 0.897 bits per heavy atom. The Morgan fingerprint density at radius 2 is 1.52 bits per heavy atom. The van der Waals surface area contributed by atoms with E-state index < -0.39 is 5.97 Å². The van der Waals surface area contributed by atoms with E-state index in [-0.39, 0.29) is 35.5 Å². The SMILES string of the molecule is Cc1ccc(OC(=O)c2ccc(N3C(=O)[C@@H]4[C@@H](C3=O)[C@H]3C=C[C@@H]4C3)cc2)cc1C. The van der Waals surface area contributed by atoms with Crippen LogP contribution in [-0.4, -0.2) is 17.8 Å². The van der Waals surface area contributed by atoms with Gasteiger partial charge in [0.05, 0.1) is 23.1 Å². The van der Waals surface area contributed by atoms with Gasteiger partial charge in [-0.3, -0.25) is 14.5 Å². The van der Waals surface area contributed by atoms with Gasteiger partial charge in [0.25, 0.3) is 0 Å². The maximum absolute atomic E-state index is 12.9. The molecule has 0 spiro atoms. The normalized spacial score (nSPS) is 26.9. The molecule has 1 aliphatic heterocycles. The highest BCUT2D eigenvalue weighted by Gasteiger charge is 2.59. The Labute approximate surface area is 169 Å². The summed E-state index contributed by atoms with van der Waals surface area (Å²) in [6.07, 6.45) is 5.06. The van der Waals surface area contributed by atoms with Gasteiger partial charge in [0, 0.05) is 0 Å². The van der Waals surface area contributed by atoms with E-state index in [0.29, 0.717) is 17.0 Å². The van der Waals surface area contributed by atoms with E-state index in [1.54, 1.807) is 30.3 Å². The number of nitrogens with zero attached hydrogens (tertiary/aromatic N) is 1. The van der Waals surface area contributed by atoms with E-state index in [9.17, 15) is 14.4 Å². The Kier molecular flexibility index (Phi) is 3.95. The fourth-order valence-corrected chi connectivity index (χ4v) is 4.85. The van der Waals surface area contributed by atoms with Crippen molar-refractivity contribution in [2.24, 2.45) is 23.7 Å². The standard InChI is InChI=1S/C24H21NO4/c1-13-3-10-19(11-14(13)2)29-24(28)15-6-8-18(9-7-15)25-22(26)20-16-4-5-17(12-16)21(20)23(25)27/h3-11,16-17,20-21H,12H2,1-2H3/t16-,17+,20-,21-/m0/s1. The van der Waals surface area contributed by atoms with Gasteiger partial charge in [0.1, 0.15) is 5.75 Å². The van der Waals surface area contributed by atoms with Gasteiger partial charge >= 0.3 is 5.97 Å². The van der Waals surface area contributed by atoms with Gasteiger partial charge in [-0.2, -0.15) is 0 Å². The van der Waals surface area contributed by atoms with E-state index in [2.05, 4.69) is 12.2 Å². The number of rotatable bonds is 3. The molecule has 0 radical (unpaired) electrons. The number of ether oxygens (including phenoxy) is 1. The summed E-state index contributed by atoms with van der Waals surface area (Å²) in [4.78, 5) is 39.5. The number of benzene rings is 2. The molecule has 5 rings (SSSR count). The second-order valence-electron chi connectivity index (χ2n) is 8.19. The van der Waals surface area contributed by atoms with Gasteiger partial charge < -0.3 is 4.74 Å². The molecule has 5 heteroatoms. The average Bonchev–Trinajstić information content (AvgIpc) is 3.39. The summed E-state index contributed by atoms with van der Waals surface area (Å²) < 4.78 is 5.45. The van der Waals surface area contributed by atoms with Crippen LogP contribution in [0.3, 0.4) is 0 Å². The van der Waals surface area contributed by atoms with Crippen molar-refractivity contribution in [2.45, 2.75) is 20.3 Å². The molecule has 2 aromatic rings. The molecular weight excluding hydrogens is 366 g/mol. The molecule has 0 aromatic heterocycles. The van der Waals surface area contributed by atoms with Crippen molar-refractivity contribution < 1.29 is 19.1 Å². The molecule has 2 amide bonds. The molecule has 2 bridgehead atoms. The zero-order chi connectivity index (χ0) is 20.3. The van der Waals surface area contributed by atoms with E-state index >= 15 is 0 Å². The van der Waals surface area contributed by atoms with Gasteiger partial charge in [0.15, 0.2) is 0 Å². The third-order valence-corrected chi connectivity index (χ3v) is 6.52. The Morgan fingerprint density at radius 3 is 2.10 bits per heavy atom. The van der Waals surface area contributed by atoms with E-state index in [4.69, 9.17) is 4.74 Å². The summed E-state index contributed by atoms with van der Waals surface area (Å²) in [5.74, 6) is -0.332. The quantitative estimate of drug-likeness (QED) is 0.347. The van der Waals surface area contributed by atoms with Crippen molar-refractivity contribution in [3.05, 3.63) is 71.3 Å². The third kappa shape index (κ3) is 2.72. The van der Waals surface area contributed by atoms with Crippen LogP contribution < -0.4 is 9.64 Å². The Hall–Kier alpha value is -3.21. The van der Waals surface area contributed by atoms with Crippen LogP contribution in [0.1, 0.15) is 27.9 Å². The molecule has 1 saturated heterocycles. The minimum Gasteiger partial charge on any atom is -0.423 e. The first-order chi connectivity index (χ1) is 13.9. The molecule has 3 aliphatic rings. The minimum absolute atomic E-state index is 0.123. The van der Waals surface area contributed by atoms with Crippen LogP contribution >= 0.6 is 0 Å². The van der Waals surface area contributed by atoms with Crippen molar-refractivity contribution in [2.75, 3.05) is 4.90 Å². The molecule has 2 aromatic carbocycles. The van der Waals surface area contributed by atoms with Crippen LogP contribution in [0.15, 0.2) is 54.6 Å².